The quantitative estimate of drug-likeness (QED) is 0.851. The summed E-state index contributed by atoms with van der Waals surface area (Å²) in [5.74, 6) is -0.919. The first-order valence-electron chi connectivity index (χ1n) is 7.70. The maximum Gasteiger partial charge on any atom is 0.410 e. The highest BCUT2D eigenvalue weighted by Crippen LogP contribution is 2.28. The van der Waals surface area contributed by atoms with Crippen LogP contribution in [0, 0.1) is 5.82 Å². The third kappa shape index (κ3) is 4.07. The molecule has 0 spiro atoms. The van der Waals surface area contributed by atoms with Crippen molar-refractivity contribution in [3.63, 3.8) is 0 Å². The minimum absolute atomic E-state index is 0.0368. The third-order valence-corrected chi connectivity index (χ3v) is 3.63. The number of ketones is 1. The molecule has 1 aromatic rings. The van der Waals surface area contributed by atoms with Crippen LogP contribution in [0.25, 0.3) is 0 Å². The van der Waals surface area contributed by atoms with Crippen molar-refractivity contribution in [1.82, 2.24) is 10.2 Å². The molecule has 1 atom stereocenters. The minimum atomic E-state index is -0.613. The number of hydrogen-bond donors (Lipinski definition) is 1. The van der Waals surface area contributed by atoms with Crippen LogP contribution in [0.2, 0.25) is 0 Å². The van der Waals surface area contributed by atoms with E-state index in [4.69, 9.17) is 4.74 Å². The van der Waals surface area contributed by atoms with E-state index >= 15 is 0 Å². The van der Waals surface area contributed by atoms with Crippen LogP contribution in [0.4, 0.5) is 9.18 Å². The van der Waals surface area contributed by atoms with Crippen molar-refractivity contribution in [2.45, 2.75) is 39.3 Å². The van der Waals surface area contributed by atoms with Gasteiger partial charge in [0, 0.05) is 19.6 Å². The zero-order chi connectivity index (χ0) is 17.2. The van der Waals surface area contributed by atoms with Gasteiger partial charge in [0.25, 0.3) is 0 Å². The van der Waals surface area contributed by atoms with Crippen LogP contribution in [0.5, 0.6) is 0 Å². The lowest BCUT2D eigenvalue weighted by Crippen LogP contribution is -2.50. The van der Waals surface area contributed by atoms with E-state index < -0.39 is 23.6 Å². The SMILES string of the molecule is CC(=O)c1c(F)cccc1C1CNCCN1C(=O)OC(C)(C)C. The van der Waals surface area contributed by atoms with Crippen LogP contribution >= 0.6 is 0 Å². The average Bonchev–Trinajstić information content (AvgIpc) is 2.44. The first-order chi connectivity index (χ1) is 10.7. The molecule has 0 aliphatic carbocycles. The summed E-state index contributed by atoms with van der Waals surface area (Å²) >= 11 is 0. The van der Waals surface area contributed by atoms with E-state index in [2.05, 4.69) is 5.32 Å². The van der Waals surface area contributed by atoms with Gasteiger partial charge in [-0.15, -0.1) is 0 Å². The van der Waals surface area contributed by atoms with Gasteiger partial charge < -0.3 is 10.1 Å². The van der Waals surface area contributed by atoms with Crippen LogP contribution < -0.4 is 5.32 Å². The second-order valence-corrected chi connectivity index (χ2v) is 6.65. The molecule has 1 heterocycles. The molecule has 1 aliphatic rings. The molecule has 1 N–H and O–H groups in total. The molecule has 1 aromatic carbocycles. The molecule has 1 fully saturated rings. The van der Waals surface area contributed by atoms with Gasteiger partial charge in [0.05, 0.1) is 11.6 Å². The van der Waals surface area contributed by atoms with Crippen molar-refractivity contribution in [3.8, 4) is 0 Å². The predicted octanol–water partition coefficient (Wildman–Crippen LogP) is 2.91. The molecule has 0 saturated carbocycles. The van der Waals surface area contributed by atoms with Crippen molar-refractivity contribution in [1.29, 1.82) is 0 Å². The van der Waals surface area contributed by atoms with Gasteiger partial charge in [-0.3, -0.25) is 9.69 Å². The largest absolute Gasteiger partial charge is 0.444 e. The van der Waals surface area contributed by atoms with Crippen molar-refractivity contribution in [2.24, 2.45) is 0 Å². The lowest BCUT2D eigenvalue weighted by Gasteiger charge is -2.38. The van der Waals surface area contributed by atoms with Crippen molar-refractivity contribution in [3.05, 3.63) is 35.1 Å². The molecular weight excluding hydrogens is 299 g/mol. The molecule has 6 heteroatoms. The maximum atomic E-state index is 14.1. The highest BCUT2D eigenvalue weighted by atomic mass is 19.1. The number of carbonyl (C=O) groups is 2. The summed E-state index contributed by atoms with van der Waals surface area (Å²) in [5.41, 5.74) is -0.0667. The van der Waals surface area contributed by atoms with Crippen molar-refractivity contribution in [2.75, 3.05) is 19.6 Å². The lowest BCUT2D eigenvalue weighted by atomic mass is 9.95. The van der Waals surface area contributed by atoms with Gasteiger partial charge in [-0.1, -0.05) is 12.1 Å². The van der Waals surface area contributed by atoms with Gasteiger partial charge in [-0.2, -0.15) is 0 Å². The number of halogens is 1. The Balaban J connectivity index is 2.38. The number of hydrogen-bond acceptors (Lipinski definition) is 4. The van der Waals surface area contributed by atoms with Gasteiger partial charge in [-0.05, 0) is 39.3 Å². The Labute approximate surface area is 135 Å². The Morgan fingerprint density at radius 2 is 2.04 bits per heavy atom. The fourth-order valence-corrected chi connectivity index (χ4v) is 2.71. The summed E-state index contributed by atoms with van der Waals surface area (Å²) in [6.07, 6.45) is -0.456. The van der Waals surface area contributed by atoms with Gasteiger partial charge in [0.15, 0.2) is 5.78 Å². The molecule has 0 radical (unpaired) electrons. The number of benzene rings is 1. The first-order valence-corrected chi connectivity index (χ1v) is 7.70. The molecule has 0 aromatic heterocycles. The number of carbonyl (C=O) groups excluding carboxylic acids is 2. The van der Waals surface area contributed by atoms with Crippen LogP contribution in [0.3, 0.4) is 0 Å². The topological polar surface area (TPSA) is 58.6 Å². The van der Waals surface area contributed by atoms with E-state index in [9.17, 15) is 14.0 Å². The second kappa shape index (κ2) is 6.66. The zero-order valence-corrected chi connectivity index (χ0v) is 14.0. The van der Waals surface area contributed by atoms with E-state index in [0.717, 1.165) is 0 Å². The third-order valence-electron chi connectivity index (χ3n) is 3.63. The summed E-state index contributed by atoms with van der Waals surface area (Å²) in [6, 6.07) is 4.07. The van der Waals surface area contributed by atoms with Gasteiger partial charge in [0.1, 0.15) is 11.4 Å². The summed E-state index contributed by atoms with van der Waals surface area (Å²) in [7, 11) is 0. The summed E-state index contributed by atoms with van der Waals surface area (Å²) in [4.78, 5) is 25.9. The Bertz CT molecular complexity index is 610. The number of nitrogens with one attached hydrogen (secondary N) is 1. The zero-order valence-electron chi connectivity index (χ0n) is 14.0. The number of ether oxygens (including phenoxy) is 1. The standard InChI is InChI=1S/C17H23FN2O3/c1-11(21)15-12(6-5-7-13(15)18)14-10-19-8-9-20(14)16(22)23-17(2,3)4/h5-7,14,19H,8-10H2,1-4H3. The number of nitrogens with zero attached hydrogens (tertiary/aromatic N) is 1. The molecule has 23 heavy (non-hydrogen) atoms. The molecule has 1 unspecified atom stereocenters. The lowest BCUT2D eigenvalue weighted by molar-refractivity contribution is 0.0116. The van der Waals surface area contributed by atoms with E-state index in [0.29, 0.717) is 25.2 Å². The normalized spacial score (nSPS) is 18.7. The van der Waals surface area contributed by atoms with Crippen molar-refractivity contribution < 1.29 is 18.7 Å². The Morgan fingerprint density at radius 1 is 1.35 bits per heavy atom. The smallest absolute Gasteiger partial charge is 0.410 e. The molecular formula is C17H23FN2O3. The number of Topliss-reactive ketones (excluding diaryl/α,β-unsaturated/α-hetero) is 1. The minimum Gasteiger partial charge on any atom is -0.444 e. The monoisotopic (exact) mass is 322 g/mol. The maximum absolute atomic E-state index is 14.1. The molecule has 126 valence electrons. The van der Waals surface area contributed by atoms with E-state index in [-0.39, 0.29) is 11.3 Å². The van der Waals surface area contributed by atoms with Crippen LogP contribution in [0.15, 0.2) is 18.2 Å². The van der Waals surface area contributed by atoms with Gasteiger partial charge in [-0.25, -0.2) is 9.18 Å². The number of piperazine rings is 1. The molecule has 5 nitrogen and oxygen atoms in total. The summed E-state index contributed by atoms with van der Waals surface area (Å²) in [6.45, 7) is 8.23. The Kier molecular flexibility index (Phi) is 5.04. The summed E-state index contributed by atoms with van der Waals surface area (Å²) in [5, 5.41) is 3.18. The fourth-order valence-electron chi connectivity index (χ4n) is 2.71. The van der Waals surface area contributed by atoms with Crippen molar-refractivity contribution >= 4 is 11.9 Å². The number of amides is 1. The first kappa shape index (κ1) is 17.4. The van der Waals surface area contributed by atoms with Gasteiger partial charge in [0.2, 0.25) is 0 Å². The molecule has 1 saturated heterocycles. The van der Waals surface area contributed by atoms with Crippen LogP contribution in [-0.4, -0.2) is 42.0 Å². The van der Waals surface area contributed by atoms with E-state index in [1.807, 2.05) is 0 Å². The number of rotatable bonds is 2. The highest BCUT2D eigenvalue weighted by Gasteiger charge is 2.33. The van der Waals surface area contributed by atoms with E-state index in [1.165, 1.54) is 13.0 Å². The van der Waals surface area contributed by atoms with Crippen LogP contribution in [-0.2, 0) is 4.74 Å². The predicted molar refractivity (Wildman–Crippen MR) is 85.0 cm³/mol. The van der Waals surface area contributed by atoms with Crippen LogP contribution in [0.1, 0.15) is 49.7 Å². The molecule has 1 amide bonds. The average molecular weight is 322 g/mol. The Morgan fingerprint density at radius 3 is 2.65 bits per heavy atom. The molecule has 2 rings (SSSR count). The molecule has 0 bridgehead atoms. The highest BCUT2D eigenvalue weighted by molar-refractivity contribution is 5.96. The fraction of sp³-hybridized carbons (Fsp3) is 0.529. The van der Waals surface area contributed by atoms with Gasteiger partial charge >= 0.3 is 6.09 Å². The second-order valence-electron chi connectivity index (χ2n) is 6.65. The molecule has 1 aliphatic heterocycles. The van der Waals surface area contributed by atoms with E-state index in [1.54, 1.807) is 37.8 Å². The Hall–Kier alpha value is -1.95. The summed E-state index contributed by atoms with van der Waals surface area (Å²) < 4.78 is 19.5.